The lowest BCUT2D eigenvalue weighted by atomic mass is 10.1. The van der Waals surface area contributed by atoms with Crippen molar-refractivity contribution in [1.29, 1.82) is 0 Å². The highest BCUT2D eigenvalue weighted by Gasteiger charge is 2.30. The van der Waals surface area contributed by atoms with E-state index in [2.05, 4.69) is 9.88 Å². The summed E-state index contributed by atoms with van der Waals surface area (Å²) < 4.78 is 24.8. The fraction of sp³-hybridized carbons (Fsp3) is 0.714. The Kier molecular flexibility index (Phi) is 4.49. The minimum atomic E-state index is -2.81. The second kappa shape index (κ2) is 6.37. The largest absolute Gasteiger partial charge is 0.339 e. The smallest absolute Gasteiger partial charge is 0.242 e. The first-order valence-corrected chi connectivity index (χ1v) is 9.54. The monoisotopic (exact) mass is 326 g/mol. The van der Waals surface area contributed by atoms with Crippen LogP contribution in [0.1, 0.15) is 12.8 Å². The zero-order valence-electron chi connectivity index (χ0n) is 12.6. The van der Waals surface area contributed by atoms with Crippen molar-refractivity contribution in [3.8, 4) is 0 Å². The second-order valence-electron chi connectivity index (χ2n) is 6.03. The third-order valence-corrected chi connectivity index (χ3v) is 6.30. The zero-order valence-corrected chi connectivity index (χ0v) is 13.4. The SMILES string of the molecule is O=C(Cn1ccnc1)N1CCN(C2CCS(=O)(=O)CC2)CC1. The normalized spacial score (nSPS) is 23.5. The summed E-state index contributed by atoms with van der Waals surface area (Å²) >= 11 is 0. The van der Waals surface area contributed by atoms with Gasteiger partial charge in [-0.1, -0.05) is 0 Å². The van der Waals surface area contributed by atoms with E-state index in [0.717, 1.165) is 39.0 Å². The number of carbonyl (C=O) groups is 1. The first-order valence-electron chi connectivity index (χ1n) is 7.71. The number of nitrogens with zero attached hydrogens (tertiary/aromatic N) is 4. The predicted octanol–water partition coefficient (Wildman–Crippen LogP) is -0.395. The Hall–Kier alpha value is -1.41. The summed E-state index contributed by atoms with van der Waals surface area (Å²) in [6, 6.07) is 0.356. The lowest BCUT2D eigenvalue weighted by molar-refractivity contribution is -0.133. The molecular weight excluding hydrogens is 304 g/mol. The van der Waals surface area contributed by atoms with E-state index in [1.54, 1.807) is 23.3 Å². The van der Waals surface area contributed by atoms with Crippen LogP contribution >= 0.6 is 0 Å². The fourth-order valence-electron chi connectivity index (χ4n) is 3.22. The molecule has 0 saturated carbocycles. The molecule has 0 aliphatic carbocycles. The Bertz CT molecular complexity index is 592. The Morgan fingerprint density at radius 1 is 1.14 bits per heavy atom. The highest BCUT2D eigenvalue weighted by Crippen LogP contribution is 2.19. The van der Waals surface area contributed by atoms with Crippen molar-refractivity contribution >= 4 is 15.7 Å². The topological polar surface area (TPSA) is 75.5 Å². The summed E-state index contributed by atoms with van der Waals surface area (Å²) in [5.74, 6) is 0.721. The molecule has 2 saturated heterocycles. The molecule has 0 aromatic carbocycles. The maximum absolute atomic E-state index is 12.2. The number of rotatable bonds is 3. The first-order chi connectivity index (χ1) is 10.5. The Labute approximate surface area is 130 Å². The highest BCUT2D eigenvalue weighted by molar-refractivity contribution is 7.91. The molecule has 0 spiro atoms. The molecule has 1 aromatic rings. The van der Waals surface area contributed by atoms with Crippen molar-refractivity contribution < 1.29 is 13.2 Å². The minimum absolute atomic E-state index is 0.115. The maximum Gasteiger partial charge on any atom is 0.242 e. The van der Waals surface area contributed by atoms with Crippen molar-refractivity contribution in [2.45, 2.75) is 25.4 Å². The van der Waals surface area contributed by atoms with Crippen LogP contribution in [0.2, 0.25) is 0 Å². The number of carbonyl (C=O) groups excluding carboxylic acids is 1. The molecule has 1 amide bonds. The van der Waals surface area contributed by atoms with Gasteiger partial charge in [-0.15, -0.1) is 0 Å². The van der Waals surface area contributed by atoms with Crippen LogP contribution in [0.4, 0.5) is 0 Å². The molecule has 0 bridgehead atoms. The van der Waals surface area contributed by atoms with Crippen LogP contribution in [0.15, 0.2) is 18.7 Å². The van der Waals surface area contributed by atoms with Crippen molar-refractivity contribution in [3.63, 3.8) is 0 Å². The second-order valence-corrected chi connectivity index (χ2v) is 8.34. The summed E-state index contributed by atoms with van der Waals surface area (Å²) in [6.45, 7) is 3.44. The van der Waals surface area contributed by atoms with E-state index in [9.17, 15) is 13.2 Å². The van der Waals surface area contributed by atoms with E-state index in [4.69, 9.17) is 0 Å². The Morgan fingerprint density at radius 2 is 1.82 bits per heavy atom. The fourth-order valence-corrected chi connectivity index (χ4v) is 4.68. The summed E-state index contributed by atoms with van der Waals surface area (Å²) in [7, 11) is -2.81. The lowest BCUT2D eigenvalue weighted by Gasteiger charge is -2.40. The molecule has 2 aliphatic heterocycles. The number of hydrogen-bond donors (Lipinski definition) is 0. The van der Waals surface area contributed by atoms with Gasteiger partial charge >= 0.3 is 0 Å². The van der Waals surface area contributed by atoms with Crippen LogP contribution in [0.5, 0.6) is 0 Å². The number of aromatic nitrogens is 2. The van der Waals surface area contributed by atoms with Crippen LogP contribution in [0.25, 0.3) is 0 Å². The standard InChI is InChI=1S/C14H22N4O3S/c19-14(11-16-4-3-15-12-16)18-7-5-17(6-8-18)13-1-9-22(20,21)10-2-13/h3-4,12-13H,1-2,5-11H2. The van der Waals surface area contributed by atoms with Gasteiger partial charge in [-0.3, -0.25) is 9.69 Å². The number of hydrogen-bond acceptors (Lipinski definition) is 5. The molecule has 3 rings (SSSR count). The van der Waals surface area contributed by atoms with Crippen molar-refractivity contribution in [2.24, 2.45) is 0 Å². The highest BCUT2D eigenvalue weighted by atomic mass is 32.2. The van der Waals surface area contributed by atoms with E-state index >= 15 is 0 Å². The summed E-state index contributed by atoms with van der Waals surface area (Å²) in [5.41, 5.74) is 0. The summed E-state index contributed by atoms with van der Waals surface area (Å²) in [6.07, 6.45) is 6.56. The molecule has 0 atom stereocenters. The van der Waals surface area contributed by atoms with Crippen LogP contribution in [-0.2, 0) is 21.2 Å². The van der Waals surface area contributed by atoms with Gasteiger partial charge in [-0.25, -0.2) is 13.4 Å². The van der Waals surface area contributed by atoms with Crippen LogP contribution < -0.4 is 0 Å². The molecule has 122 valence electrons. The van der Waals surface area contributed by atoms with Gasteiger partial charge in [0.05, 0.1) is 17.8 Å². The molecule has 8 heteroatoms. The summed E-state index contributed by atoms with van der Waals surface area (Å²) in [4.78, 5) is 20.4. The Morgan fingerprint density at radius 3 is 2.41 bits per heavy atom. The van der Waals surface area contributed by atoms with Gasteiger partial charge in [0, 0.05) is 44.6 Å². The third kappa shape index (κ3) is 3.67. The van der Waals surface area contributed by atoms with Crippen molar-refractivity contribution in [2.75, 3.05) is 37.7 Å². The van der Waals surface area contributed by atoms with Crippen molar-refractivity contribution in [3.05, 3.63) is 18.7 Å². The van der Waals surface area contributed by atoms with Gasteiger partial charge in [0.1, 0.15) is 16.4 Å². The third-order valence-electron chi connectivity index (χ3n) is 4.58. The molecule has 0 unspecified atom stereocenters. The van der Waals surface area contributed by atoms with Gasteiger partial charge in [0.25, 0.3) is 0 Å². The van der Waals surface area contributed by atoms with Crippen molar-refractivity contribution in [1.82, 2.24) is 19.4 Å². The first kappa shape index (κ1) is 15.5. The molecule has 2 fully saturated rings. The summed E-state index contributed by atoms with van der Waals surface area (Å²) in [5, 5.41) is 0. The predicted molar refractivity (Wildman–Crippen MR) is 82.1 cm³/mol. The minimum Gasteiger partial charge on any atom is -0.339 e. The van der Waals surface area contributed by atoms with Gasteiger partial charge in [-0.2, -0.15) is 0 Å². The van der Waals surface area contributed by atoms with Crippen LogP contribution in [0.3, 0.4) is 0 Å². The van der Waals surface area contributed by atoms with Gasteiger partial charge < -0.3 is 9.47 Å². The van der Waals surface area contributed by atoms with E-state index < -0.39 is 9.84 Å². The number of piperazine rings is 1. The van der Waals surface area contributed by atoms with Gasteiger partial charge in [-0.05, 0) is 12.8 Å². The Balaban J connectivity index is 1.47. The van der Waals surface area contributed by atoms with E-state index in [0.29, 0.717) is 24.1 Å². The molecule has 2 aliphatic rings. The quantitative estimate of drug-likeness (QED) is 0.756. The van der Waals surface area contributed by atoms with Crippen LogP contribution in [-0.4, -0.2) is 77.4 Å². The zero-order chi connectivity index (χ0) is 15.6. The lowest BCUT2D eigenvalue weighted by Crippen LogP contribution is -2.53. The maximum atomic E-state index is 12.2. The number of amides is 1. The van der Waals surface area contributed by atoms with Gasteiger partial charge in [0.2, 0.25) is 5.91 Å². The van der Waals surface area contributed by atoms with Crippen LogP contribution in [0, 0.1) is 0 Å². The van der Waals surface area contributed by atoms with E-state index in [1.165, 1.54) is 0 Å². The average molecular weight is 326 g/mol. The average Bonchev–Trinajstić information content (AvgIpc) is 3.00. The number of imidazole rings is 1. The molecular formula is C14H22N4O3S. The number of sulfone groups is 1. The van der Waals surface area contributed by atoms with E-state index in [-0.39, 0.29) is 5.91 Å². The van der Waals surface area contributed by atoms with Gasteiger partial charge in [0.15, 0.2) is 0 Å². The molecule has 0 radical (unpaired) electrons. The van der Waals surface area contributed by atoms with E-state index in [1.807, 2.05) is 4.90 Å². The molecule has 0 N–H and O–H groups in total. The molecule has 7 nitrogen and oxygen atoms in total. The molecule has 1 aromatic heterocycles. The molecule has 3 heterocycles. The molecule has 22 heavy (non-hydrogen) atoms.